The van der Waals surface area contributed by atoms with Gasteiger partial charge in [-0.1, -0.05) is 6.07 Å². The number of phenolic OH excluding ortho intramolecular Hbond substituents is 1. The van der Waals surface area contributed by atoms with Gasteiger partial charge in [-0.05, 0) is 18.6 Å². The number of ether oxygens (including phenoxy) is 2. The number of carbonyl (C=O) groups is 1. The normalized spacial score (nSPS) is 9.57. The molecule has 14 heavy (non-hydrogen) atoms. The summed E-state index contributed by atoms with van der Waals surface area (Å²) in [6.07, 6.45) is 0. The third-order valence-electron chi connectivity index (χ3n) is 1.74. The fourth-order valence-electron chi connectivity index (χ4n) is 0.940. The predicted octanol–water partition coefficient (Wildman–Crippen LogP) is 1.25. The fraction of sp³-hybridized carbons (Fsp3) is 0.300. The van der Waals surface area contributed by atoms with Gasteiger partial charge in [0.2, 0.25) is 0 Å². The van der Waals surface area contributed by atoms with E-state index in [9.17, 15) is 4.79 Å². The van der Waals surface area contributed by atoms with Crippen LogP contribution in [0.4, 0.5) is 0 Å². The quantitative estimate of drug-likeness (QED) is 0.739. The Labute approximate surface area is 82.1 Å². The Kier molecular flexibility index (Phi) is 3.34. The SMILES string of the molecule is COC(=O)COc1cc(O)ccc1C. The molecule has 76 valence electrons. The first-order valence-corrected chi connectivity index (χ1v) is 4.12. The van der Waals surface area contributed by atoms with Crippen molar-refractivity contribution in [3.05, 3.63) is 23.8 Å². The molecule has 4 heteroatoms. The summed E-state index contributed by atoms with van der Waals surface area (Å²) >= 11 is 0. The number of phenols is 1. The summed E-state index contributed by atoms with van der Waals surface area (Å²) in [6, 6.07) is 4.72. The van der Waals surface area contributed by atoms with Gasteiger partial charge in [-0.25, -0.2) is 4.79 Å². The van der Waals surface area contributed by atoms with Crippen LogP contribution in [0, 0.1) is 6.92 Å². The van der Waals surface area contributed by atoms with Gasteiger partial charge in [0.1, 0.15) is 11.5 Å². The van der Waals surface area contributed by atoms with Gasteiger partial charge in [0.05, 0.1) is 7.11 Å². The second kappa shape index (κ2) is 4.50. The van der Waals surface area contributed by atoms with E-state index < -0.39 is 5.97 Å². The second-order valence-electron chi connectivity index (χ2n) is 2.81. The van der Waals surface area contributed by atoms with Gasteiger partial charge in [0.25, 0.3) is 0 Å². The van der Waals surface area contributed by atoms with Crippen LogP contribution in [0.2, 0.25) is 0 Å². The zero-order valence-corrected chi connectivity index (χ0v) is 8.11. The second-order valence-corrected chi connectivity index (χ2v) is 2.81. The van der Waals surface area contributed by atoms with Crippen LogP contribution in [0.5, 0.6) is 11.5 Å². The van der Waals surface area contributed by atoms with Crippen LogP contribution in [0.3, 0.4) is 0 Å². The number of benzene rings is 1. The number of esters is 1. The van der Waals surface area contributed by atoms with Gasteiger partial charge in [0.15, 0.2) is 6.61 Å². The summed E-state index contributed by atoms with van der Waals surface area (Å²) in [4.78, 5) is 10.8. The highest BCUT2D eigenvalue weighted by Crippen LogP contribution is 2.22. The molecule has 0 atom stereocenters. The zero-order valence-electron chi connectivity index (χ0n) is 8.11. The van der Waals surface area contributed by atoms with E-state index in [2.05, 4.69) is 4.74 Å². The molecule has 0 amide bonds. The molecule has 0 saturated carbocycles. The first-order chi connectivity index (χ1) is 6.63. The molecule has 1 aromatic carbocycles. The average molecular weight is 196 g/mol. The Morgan fingerprint density at radius 1 is 1.50 bits per heavy atom. The summed E-state index contributed by atoms with van der Waals surface area (Å²) < 4.78 is 9.55. The van der Waals surface area contributed by atoms with Gasteiger partial charge in [0, 0.05) is 6.07 Å². The van der Waals surface area contributed by atoms with Crippen molar-refractivity contribution >= 4 is 5.97 Å². The van der Waals surface area contributed by atoms with Crippen LogP contribution in [0.25, 0.3) is 0 Å². The van der Waals surface area contributed by atoms with E-state index in [4.69, 9.17) is 9.84 Å². The van der Waals surface area contributed by atoms with Gasteiger partial charge in [-0.15, -0.1) is 0 Å². The molecular formula is C10H12O4. The standard InChI is InChI=1S/C10H12O4/c1-7-3-4-8(11)5-9(7)14-6-10(12)13-2/h3-5,11H,6H2,1-2H3. The van der Waals surface area contributed by atoms with E-state index in [1.54, 1.807) is 12.1 Å². The summed E-state index contributed by atoms with van der Waals surface area (Å²) in [5.74, 6) is 0.138. The summed E-state index contributed by atoms with van der Waals surface area (Å²) in [7, 11) is 1.29. The minimum Gasteiger partial charge on any atom is -0.508 e. The van der Waals surface area contributed by atoms with Crippen LogP contribution in [-0.4, -0.2) is 24.8 Å². The molecule has 0 bridgehead atoms. The smallest absolute Gasteiger partial charge is 0.343 e. The lowest BCUT2D eigenvalue weighted by atomic mass is 10.2. The van der Waals surface area contributed by atoms with Crippen LogP contribution in [-0.2, 0) is 9.53 Å². The number of methoxy groups -OCH3 is 1. The lowest BCUT2D eigenvalue weighted by Gasteiger charge is -2.07. The number of carbonyl (C=O) groups excluding carboxylic acids is 1. The molecule has 1 rings (SSSR count). The maximum Gasteiger partial charge on any atom is 0.343 e. The molecule has 0 spiro atoms. The highest BCUT2D eigenvalue weighted by atomic mass is 16.6. The molecule has 0 fully saturated rings. The minimum absolute atomic E-state index is 0.107. The van der Waals surface area contributed by atoms with Gasteiger partial charge < -0.3 is 14.6 Å². The van der Waals surface area contributed by atoms with Gasteiger partial charge >= 0.3 is 5.97 Å². The molecule has 0 saturated heterocycles. The first kappa shape index (κ1) is 10.4. The minimum atomic E-state index is -0.451. The third kappa shape index (κ3) is 2.65. The fourth-order valence-corrected chi connectivity index (χ4v) is 0.940. The number of hydrogen-bond donors (Lipinski definition) is 1. The molecule has 0 unspecified atom stereocenters. The Morgan fingerprint density at radius 2 is 2.21 bits per heavy atom. The van der Waals surface area contributed by atoms with Crippen molar-refractivity contribution < 1.29 is 19.4 Å². The van der Waals surface area contributed by atoms with E-state index in [1.807, 2.05) is 6.92 Å². The zero-order chi connectivity index (χ0) is 10.6. The van der Waals surface area contributed by atoms with E-state index in [1.165, 1.54) is 13.2 Å². The maximum absolute atomic E-state index is 10.8. The van der Waals surface area contributed by atoms with Crippen LogP contribution < -0.4 is 4.74 Å². The highest BCUT2D eigenvalue weighted by Gasteiger charge is 2.04. The third-order valence-corrected chi connectivity index (χ3v) is 1.74. The molecule has 1 N–H and O–H groups in total. The van der Waals surface area contributed by atoms with E-state index in [0.717, 1.165) is 5.56 Å². The lowest BCUT2D eigenvalue weighted by Crippen LogP contribution is -2.12. The van der Waals surface area contributed by atoms with Crippen molar-refractivity contribution in [1.29, 1.82) is 0 Å². The van der Waals surface area contributed by atoms with Crippen molar-refractivity contribution in [2.45, 2.75) is 6.92 Å². The van der Waals surface area contributed by atoms with Crippen molar-refractivity contribution in [2.24, 2.45) is 0 Å². The topological polar surface area (TPSA) is 55.8 Å². The Bertz CT molecular complexity index is 333. The van der Waals surface area contributed by atoms with Crippen molar-refractivity contribution in [3.8, 4) is 11.5 Å². The molecule has 0 aromatic heterocycles. The van der Waals surface area contributed by atoms with Crippen LogP contribution in [0.15, 0.2) is 18.2 Å². The monoisotopic (exact) mass is 196 g/mol. The van der Waals surface area contributed by atoms with Crippen molar-refractivity contribution in [1.82, 2.24) is 0 Å². The number of rotatable bonds is 3. The predicted molar refractivity (Wildman–Crippen MR) is 50.4 cm³/mol. The molecule has 0 radical (unpaired) electrons. The largest absolute Gasteiger partial charge is 0.508 e. The molecular weight excluding hydrogens is 184 g/mol. The van der Waals surface area contributed by atoms with Gasteiger partial charge in [-0.2, -0.15) is 0 Å². The molecule has 1 aromatic rings. The van der Waals surface area contributed by atoms with Crippen molar-refractivity contribution in [3.63, 3.8) is 0 Å². The summed E-state index contributed by atoms with van der Waals surface area (Å²) in [5, 5.41) is 9.16. The van der Waals surface area contributed by atoms with Crippen LogP contribution >= 0.6 is 0 Å². The van der Waals surface area contributed by atoms with Crippen molar-refractivity contribution in [2.75, 3.05) is 13.7 Å². The lowest BCUT2D eigenvalue weighted by molar-refractivity contribution is -0.142. The van der Waals surface area contributed by atoms with E-state index in [0.29, 0.717) is 5.75 Å². The molecule has 4 nitrogen and oxygen atoms in total. The first-order valence-electron chi connectivity index (χ1n) is 4.12. The molecule has 0 heterocycles. The highest BCUT2D eigenvalue weighted by molar-refractivity contribution is 5.70. The van der Waals surface area contributed by atoms with E-state index >= 15 is 0 Å². The number of aromatic hydroxyl groups is 1. The summed E-state index contributed by atoms with van der Waals surface area (Å²) in [5.41, 5.74) is 0.853. The molecule has 0 aliphatic rings. The van der Waals surface area contributed by atoms with E-state index in [-0.39, 0.29) is 12.4 Å². The Balaban J connectivity index is 2.66. The number of aryl methyl sites for hydroxylation is 1. The Hall–Kier alpha value is -1.71. The van der Waals surface area contributed by atoms with Gasteiger partial charge in [-0.3, -0.25) is 0 Å². The number of hydrogen-bond acceptors (Lipinski definition) is 4. The average Bonchev–Trinajstić information content (AvgIpc) is 2.19. The molecule has 0 aliphatic carbocycles. The summed E-state index contributed by atoms with van der Waals surface area (Å²) in [6.45, 7) is 1.67. The Morgan fingerprint density at radius 3 is 2.86 bits per heavy atom. The maximum atomic E-state index is 10.8. The van der Waals surface area contributed by atoms with Crippen LogP contribution in [0.1, 0.15) is 5.56 Å². The molecule has 0 aliphatic heterocycles.